The van der Waals surface area contributed by atoms with Gasteiger partial charge in [0.25, 0.3) is 0 Å². The predicted molar refractivity (Wildman–Crippen MR) is 104 cm³/mol. The van der Waals surface area contributed by atoms with Crippen LogP contribution in [0.4, 0.5) is 4.39 Å². The van der Waals surface area contributed by atoms with Crippen molar-refractivity contribution in [2.24, 2.45) is 0 Å². The lowest BCUT2D eigenvalue weighted by molar-refractivity contribution is 0.437. The Balaban J connectivity index is 1.76. The number of nitriles is 1. The molecular weight excluding hydrogens is 355 g/mol. The molecule has 0 unspecified atom stereocenters. The van der Waals surface area contributed by atoms with E-state index in [0.29, 0.717) is 28.9 Å². The number of ether oxygens (including phenoxy) is 1. The molecule has 28 heavy (non-hydrogen) atoms. The number of nitrogens with zero attached hydrogens (tertiary/aromatic N) is 4. The molecule has 0 spiro atoms. The van der Waals surface area contributed by atoms with Crippen LogP contribution in [0.3, 0.4) is 0 Å². The van der Waals surface area contributed by atoms with Crippen LogP contribution in [-0.2, 0) is 6.54 Å². The standard InChI is InChI=1S/C22H17FN4O/c1-14-10-17(12-24)11-15(2)19(14)28-21-18-8-9-27(20(18)25-22(23)26-21)13-16-6-4-3-5-7-16/h3-11H,13H2,1-2H3. The van der Waals surface area contributed by atoms with Gasteiger partial charge in [-0.1, -0.05) is 30.3 Å². The highest BCUT2D eigenvalue weighted by Crippen LogP contribution is 2.33. The number of aryl methyl sites for hydroxylation is 2. The first kappa shape index (κ1) is 17.7. The summed E-state index contributed by atoms with van der Waals surface area (Å²) in [7, 11) is 0. The van der Waals surface area contributed by atoms with Crippen LogP contribution in [0.1, 0.15) is 22.3 Å². The van der Waals surface area contributed by atoms with E-state index in [4.69, 9.17) is 10.00 Å². The van der Waals surface area contributed by atoms with Gasteiger partial charge in [0.15, 0.2) is 5.65 Å². The average molecular weight is 372 g/mol. The number of hydrogen-bond acceptors (Lipinski definition) is 4. The van der Waals surface area contributed by atoms with Crippen molar-refractivity contribution in [3.8, 4) is 17.7 Å². The van der Waals surface area contributed by atoms with Gasteiger partial charge in [0.2, 0.25) is 5.88 Å². The minimum Gasteiger partial charge on any atom is -0.438 e. The van der Waals surface area contributed by atoms with Crippen LogP contribution in [0.2, 0.25) is 0 Å². The van der Waals surface area contributed by atoms with E-state index in [9.17, 15) is 4.39 Å². The third-order valence-corrected chi connectivity index (χ3v) is 4.54. The van der Waals surface area contributed by atoms with Gasteiger partial charge < -0.3 is 9.30 Å². The fourth-order valence-corrected chi connectivity index (χ4v) is 3.27. The molecule has 2 aromatic carbocycles. The van der Waals surface area contributed by atoms with Crippen molar-refractivity contribution in [3.05, 3.63) is 83.1 Å². The first-order chi connectivity index (χ1) is 13.5. The Morgan fingerprint density at radius 2 is 1.79 bits per heavy atom. The molecule has 0 saturated carbocycles. The summed E-state index contributed by atoms with van der Waals surface area (Å²) in [6.07, 6.45) is 0.997. The van der Waals surface area contributed by atoms with E-state index in [1.54, 1.807) is 12.1 Å². The van der Waals surface area contributed by atoms with Crippen LogP contribution in [0.5, 0.6) is 11.6 Å². The van der Waals surface area contributed by atoms with Gasteiger partial charge in [-0.3, -0.25) is 0 Å². The van der Waals surface area contributed by atoms with Crippen molar-refractivity contribution in [3.63, 3.8) is 0 Å². The van der Waals surface area contributed by atoms with Gasteiger partial charge in [0.1, 0.15) is 5.75 Å². The first-order valence-corrected chi connectivity index (χ1v) is 8.80. The monoisotopic (exact) mass is 372 g/mol. The van der Waals surface area contributed by atoms with Crippen molar-refractivity contribution in [1.29, 1.82) is 5.26 Å². The molecule has 138 valence electrons. The smallest absolute Gasteiger partial charge is 0.313 e. The molecule has 0 amide bonds. The predicted octanol–water partition coefficient (Wildman–Crippen LogP) is 4.90. The molecule has 4 aromatic rings. The van der Waals surface area contributed by atoms with E-state index < -0.39 is 6.08 Å². The highest BCUT2D eigenvalue weighted by Gasteiger charge is 2.16. The number of fused-ring (bicyclic) bond motifs is 1. The van der Waals surface area contributed by atoms with Gasteiger partial charge in [0, 0.05) is 12.7 Å². The lowest BCUT2D eigenvalue weighted by Crippen LogP contribution is -2.03. The molecule has 2 heterocycles. The molecule has 0 N–H and O–H groups in total. The third-order valence-electron chi connectivity index (χ3n) is 4.54. The molecule has 2 aromatic heterocycles. The quantitative estimate of drug-likeness (QED) is 0.478. The molecule has 0 fully saturated rings. The van der Waals surface area contributed by atoms with Crippen LogP contribution in [-0.4, -0.2) is 14.5 Å². The maximum atomic E-state index is 14.2. The van der Waals surface area contributed by atoms with Crippen molar-refractivity contribution >= 4 is 11.0 Å². The Morgan fingerprint density at radius 3 is 2.46 bits per heavy atom. The van der Waals surface area contributed by atoms with Crippen LogP contribution in [0.25, 0.3) is 11.0 Å². The SMILES string of the molecule is Cc1cc(C#N)cc(C)c1Oc1nc(F)nc2c1ccn2Cc1ccccc1. The summed E-state index contributed by atoms with van der Waals surface area (Å²) in [5.74, 6) is 0.722. The fourth-order valence-electron chi connectivity index (χ4n) is 3.27. The molecular formula is C22H17FN4O. The van der Waals surface area contributed by atoms with Gasteiger partial charge in [-0.15, -0.1) is 0 Å². The molecule has 0 bridgehead atoms. The van der Waals surface area contributed by atoms with Crippen LogP contribution < -0.4 is 4.74 Å². The second kappa shape index (κ2) is 7.12. The Hall–Kier alpha value is -3.72. The Labute approximate surface area is 161 Å². The van der Waals surface area contributed by atoms with E-state index >= 15 is 0 Å². The molecule has 6 heteroatoms. The van der Waals surface area contributed by atoms with E-state index in [1.807, 2.05) is 61.0 Å². The molecule has 0 aliphatic heterocycles. The summed E-state index contributed by atoms with van der Waals surface area (Å²) >= 11 is 0. The van der Waals surface area contributed by atoms with Gasteiger partial charge in [-0.2, -0.15) is 19.6 Å². The maximum absolute atomic E-state index is 14.2. The zero-order valence-corrected chi connectivity index (χ0v) is 15.5. The zero-order chi connectivity index (χ0) is 19.7. The van der Waals surface area contributed by atoms with E-state index in [-0.39, 0.29) is 5.88 Å². The molecule has 0 radical (unpaired) electrons. The van der Waals surface area contributed by atoms with E-state index in [2.05, 4.69) is 16.0 Å². The summed E-state index contributed by atoms with van der Waals surface area (Å²) in [5, 5.41) is 9.73. The number of aromatic nitrogens is 3. The first-order valence-electron chi connectivity index (χ1n) is 8.80. The number of benzene rings is 2. The summed E-state index contributed by atoms with van der Waals surface area (Å²) in [5.41, 5.74) is 3.67. The summed E-state index contributed by atoms with van der Waals surface area (Å²) in [6.45, 7) is 4.26. The number of halogens is 1. The number of hydrogen-bond donors (Lipinski definition) is 0. The van der Waals surface area contributed by atoms with Crippen molar-refractivity contribution < 1.29 is 9.13 Å². The largest absolute Gasteiger partial charge is 0.438 e. The molecule has 4 rings (SSSR count). The van der Waals surface area contributed by atoms with Gasteiger partial charge in [-0.25, -0.2) is 0 Å². The van der Waals surface area contributed by atoms with Gasteiger partial charge in [0.05, 0.1) is 17.0 Å². The summed E-state index contributed by atoms with van der Waals surface area (Å²) in [4.78, 5) is 7.83. The van der Waals surface area contributed by atoms with E-state index in [0.717, 1.165) is 16.7 Å². The normalized spacial score (nSPS) is 10.8. The Morgan fingerprint density at radius 1 is 1.07 bits per heavy atom. The molecule has 0 saturated heterocycles. The maximum Gasteiger partial charge on any atom is 0.313 e. The number of rotatable bonds is 4. The Bertz CT molecular complexity index is 1190. The average Bonchev–Trinajstić information content (AvgIpc) is 3.07. The lowest BCUT2D eigenvalue weighted by Gasteiger charge is -2.12. The molecule has 0 aliphatic rings. The van der Waals surface area contributed by atoms with Crippen molar-refractivity contribution in [1.82, 2.24) is 14.5 Å². The molecule has 5 nitrogen and oxygen atoms in total. The topological polar surface area (TPSA) is 63.7 Å². The fraction of sp³-hybridized carbons (Fsp3) is 0.136. The van der Waals surface area contributed by atoms with Gasteiger partial charge >= 0.3 is 6.08 Å². The van der Waals surface area contributed by atoms with Gasteiger partial charge in [-0.05, 0) is 48.7 Å². The zero-order valence-electron chi connectivity index (χ0n) is 15.5. The highest BCUT2D eigenvalue weighted by molar-refractivity contribution is 5.81. The minimum atomic E-state index is -0.848. The van der Waals surface area contributed by atoms with Crippen molar-refractivity contribution in [2.75, 3.05) is 0 Å². The second-order valence-corrected chi connectivity index (χ2v) is 6.62. The Kier molecular flexibility index (Phi) is 4.50. The third kappa shape index (κ3) is 3.30. The second-order valence-electron chi connectivity index (χ2n) is 6.62. The molecule has 0 atom stereocenters. The van der Waals surface area contributed by atoms with Crippen LogP contribution in [0.15, 0.2) is 54.7 Å². The highest BCUT2D eigenvalue weighted by atomic mass is 19.1. The minimum absolute atomic E-state index is 0.158. The summed E-state index contributed by atoms with van der Waals surface area (Å²) < 4.78 is 22.0. The molecule has 0 aliphatic carbocycles. The van der Waals surface area contributed by atoms with Crippen molar-refractivity contribution in [2.45, 2.75) is 20.4 Å². The van der Waals surface area contributed by atoms with Crippen LogP contribution >= 0.6 is 0 Å². The lowest BCUT2D eigenvalue weighted by atomic mass is 10.1. The van der Waals surface area contributed by atoms with Crippen LogP contribution in [0, 0.1) is 31.3 Å². The van der Waals surface area contributed by atoms with E-state index in [1.165, 1.54) is 0 Å². The summed E-state index contributed by atoms with van der Waals surface area (Å²) in [6, 6.07) is 17.3.